The molecule has 160 valence electrons. The third kappa shape index (κ3) is 3.97. The molecule has 0 fully saturated rings. The monoisotopic (exact) mass is 423 g/mol. The van der Waals surface area contributed by atoms with E-state index in [0.29, 0.717) is 11.3 Å². The number of nitrogens with one attached hydrogen (secondary N) is 1. The van der Waals surface area contributed by atoms with Crippen LogP contribution in [0.25, 0.3) is 22.4 Å². The highest BCUT2D eigenvalue weighted by Gasteiger charge is 2.25. The zero-order chi connectivity index (χ0) is 22.8. The van der Waals surface area contributed by atoms with Crippen LogP contribution in [0.3, 0.4) is 0 Å². The molecule has 0 radical (unpaired) electrons. The van der Waals surface area contributed by atoms with Crippen LogP contribution in [0.5, 0.6) is 0 Å². The molecule has 0 saturated heterocycles. The van der Waals surface area contributed by atoms with Gasteiger partial charge in [-0.2, -0.15) is 5.10 Å². The molecule has 0 atom stereocenters. The number of rotatable bonds is 4. The molecule has 0 saturated carbocycles. The Balaban J connectivity index is 1.97. The van der Waals surface area contributed by atoms with Gasteiger partial charge in [-0.25, -0.2) is 4.68 Å². The van der Waals surface area contributed by atoms with Crippen LogP contribution in [0.4, 0.5) is 5.69 Å². The number of carbonyl (C=O) groups excluding carboxylic acids is 1. The van der Waals surface area contributed by atoms with Gasteiger partial charge in [-0.3, -0.25) is 9.59 Å². The molecule has 0 aliphatic heterocycles. The van der Waals surface area contributed by atoms with Crippen molar-refractivity contribution in [2.75, 3.05) is 5.32 Å². The van der Waals surface area contributed by atoms with E-state index >= 15 is 0 Å². The standard InChI is InChI=1S/C27H25N3O2/c1-17-15-18(2)24(19(3)16-17)28-26(31)23-22(20-11-7-5-8-12-20)25(29-30(4)27(23)32)21-13-9-6-10-14-21/h5-16H,1-4H3,(H,28,31). The summed E-state index contributed by atoms with van der Waals surface area (Å²) in [5, 5.41) is 7.54. The molecule has 1 aromatic heterocycles. The summed E-state index contributed by atoms with van der Waals surface area (Å²) in [6, 6.07) is 23.1. The van der Waals surface area contributed by atoms with Gasteiger partial charge in [-0.05, 0) is 37.5 Å². The van der Waals surface area contributed by atoms with Crippen LogP contribution in [0.2, 0.25) is 0 Å². The van der Waals surface area contributed by atoms with Crippen molar-refractivity contribution in [3.8, 4) is 22.4 Å². The molecule has 4 aromatic rings. The highest BCUT2D eigenvalue weighted by atomic mass is 16.2. The topological polar surface area (TPSA) is 64.0 Å². The summed E-state index contributed by atoms with van der Waals surface area (Å²) in [5.74, 6) is -0.445. The number of carbonyl (C=O) groups is 1. The minimum atomic E-state index is -0.445. The smallest absolute Gasteiger partial charge is 0.280 e. The Morgan fingerprint density at radius 3 is 1.94 bits per heavy atom. The van der Waals surface area contributed by atoms with Crippen LogP contribution in [0.15, 0.2) is 77.6 Å². The lowest BCUT2D eigenvalue weighted by atomic mass is 9.95. The van der Waals surface area contributed by atoms with Crippen molar-refractivity contribution in [3.63, 3.8) is 0 Å². The van der Waals surface area contributed by atoms with Crippen molar-refractivity contribution >= 4 is 11.6 Å². The van der Waals surface area contributed by atoms with Crippen LogP contribution >= 0.6 is 0 Å². The van der Waals surface area contributed by atoms with Crippen molar-refractivity contribution in [2.24, 2.45) is 7.05 Å². The predicted octanol–water partition coefficient (Wildman–Crippen LogP) is 5.29. The van der Waals surface area contributed by atoms with E-state index in [4.69, 9.17) is 0 Å². The van der Waals surface area contributed by atoms with E-state index < -0.39 is 11.5 Å². The zero-order valence-electron chi connectivity index (χ0n) is 18.6. The first-order valence-electron chi connectivity index (χ1n) is 10.5. The molecule has 0 aliphatic carbocycles. The van der Waals surface area contributed by atoms with Gasteiger partial charge in [0.15, 0.2) is 0 Å². The molecule has 5 heteroatoms. The van der Waals surface area contributed by atoms with Crippen LogP contribution < -0.4 is 10.9 Å². The molecular weight excluding hydrogens is 398 g/mol. The van der Waals surface area contributed by atoms with Gasteiger partial charge in [0.25, 0.3) is 11.5 Å². The average molecular weight is 424 g/mol. The number of benzene rings is 3. The maximum Gasteiger partial charge on any atom is 0.280 e. The second-order valence-electron chi connectivity index (χ2n) is 7.99. The maximum absolute atomic E-state index is 13.6. The van der Waals surface area contributed by atoms with Crippen LogP contribution in [0, 0.1) is 20.8 Å². The zero-order valence-corrected chi connectivity index (χ0v) is 18.6. The number of amides is 1. The molecule has 0 bridgehead atoms. The fourth-order valence-corrected chi connectivity index (χ4v) is 4.08. The summed E-state index contributed by atoms with van der Waals surface area (Å²) in [6.07, 6.45) is 0. The molecule has 0 unspecified atom stereocenters. The Hall–Kier alpha value is -3.99. The maximum atomic E-state index is 13.6. The molecule has 32 heavy (non-hydrogen) atoms. The minimum Gasteiger partial charge on any atom is -0.321 e. The van der Waals surface area contributed by atoms with Crippen LogP contribution in [0.1, 0.15) is 27.0 Å². The molecule has 3 aromatic carbocycles. The number of anilines is 1. The van der Waals surface area contributed by atoms with Crippen molar-refractivity contribution < 1.29 is 4.79 Å². The summed E-state index contributed by atoms with van der Waals surface area (Å²) < 4.78 is 1.23. The number of aryl methyl sites for hydroxylation is 4. The average Bonchev–Trinajstić information content (AvgIpc) is 2.78. The Kier molecular flexibility index (Phi) is 5.73. The van der Waals surface area contributed by atoms with E-state index in [0.717, 1.165) is 33.5 Å². The third-order valence-corrected chi connectivity index (χ3v) is 5.50. The lowest BCUT2D eigenvalue weighted by molar-refractivity contribution is 0.102. The first-order valence-corrected chi connectivity index (χ1v) is 10.5. The van der Waals surface area contributed by atoms with E-state index in [1.807, 2.05) is 93.6 Å². The van der Waals surface area contributed by atoms with Crippen molar-refractivity contribution in [1.29, 1.82) is 0 Å². The molecule has 4 rings (SSSR count). The van der Waals surface area contributed by atoms with Gasteiger partial charge in [0, 0.05) is 23.9 Å². The molecule has 1 heterocycles. The Morgan fingerprint density at radius 1 is 0.844 bits per heavy atom. The van der Waals surface area contributed by atoms with E-state index in [1.165, 1.54) is 4.68 Å². The third-order valence-electron chi connectivity index (χ3n) is 5.50. The van der Waals surface area contributed by atoms with Gasteiger partial charge < -0.3 is 5.32 Å². The molecule has 0 spiro atoms. The van der Waals surface area contributed by atoms with E-state index in [1.54, 1.807) is 7.05 Å². The van der Waals surface area contributed by atoms with Crippen molar-refractivity contribution in [3.05, 3.63) is 105 Å². The fraction of sp³-hybridized carbons (Fsp3) is 0.148. The number of hydrogen-bond donors (Lipinski definition) is 1. The second kappa shape index (κ2) is 8.63. The summed E-state index contributed by atoms with van der Waals surface area (Å²) in [6.45, 7) is 5.92. The van der Waals surface area contributed by atoms with Gasteiger partial charge in [0.1, 0.15) is 5.56 Å². The molecule has 0 aliphatic rings. The summed E-state index contributed by atoms with van der Waals surface area (Å²) in [7, 11) is 1.57. The molecule has 1 N–H and O–H groups in total. The predicted molar refractivity (Wildman–Crippen MR) is 129 cm³/mol. The molecule has 1 amide bonds. The van der Waals surface area contributed by atoms with Gasteiger partial charge in [0.05, 0.1) is 5.69 Å². The van der Waals surface area contributed by atoms with Gasteiger partial charge in [-0.15, -0.1) is 0 Å². The summed E-state index contributed by atoms with van der Waals surface area (Å²) in [4.78, 5) is 26.8. The lowest BCUT2D eigenvalue weighted by Crippen LogP contribution is -2.31. The highest BCUT2D eigenvalue weighted by Crippen LogP contribution is 2.32. The highest BCUT2D eigenvalue weighted by molar-refractivity contribution is 6.10. The first kappa shape index (κ1) is 21.2. The largest absolute Gasteiger partial charge is 0.321 e. The normalized spacial score (nSPS) is 10.8. The van der Waals surface area contributed by atoms with Crippen LogP contribution in [-0.2, 0) is 7.05 Å². The number of hydrogen-bond acceptors (Lipinski definition) is 3. The number of aromatic nitrogens is 2. The Labute approximate surface area is 187 Å². The summed E-state index contributed by atoms with van der Waals surface area (Å²) >= 11 is 0. The van der Waals surface area contributed by atoms with Crippen LogP contribution in [-0.4, -0.2) is 15.7 Å². The van der Waals surface area contributed by atoms with Gasteiger partial charge in [0.2, 0.25) is 0 Å². The second-order valence-corrected chi connectivity index (χ2v) is 7.99. The van der Waals surface area contributed by atoms with Gasteiger partial charge in [-0.1, -0.05) is 78.4 Å². The van der Waals surface area contributed by atoms with E-state index in [2.05, 4.69) is 10.4 Å². The van der Waals surface area contributed by atoms with Crippen molar-refractivity contribution in [1.82, 2.24) is 9.78 Å². The lowest BCUT2D eigenvalue weighted by Gasteiger charge is -2.17. The minimum absolute atomic E-state index is 0.0759. The summed E-state index contributed by atoms with van der Waals surface area (Å²) in [5.41, 5.74) is 6.08. The van der Waals surface area contributed by atoms with E-state index in [-0.39, 0.29) is 5.56 Å². The Bertz CT molecular complexity index is 1330. The molecular formula is C27H25N3O2. The van der Waals surface area contributed by atoms with Crippen molar-refractivity contribution in [2.45, 2.75) is 20.8 Å². The molecule has 5 nitrogen and oxygen atoms in total. The van der Waals surface area contributed by atoms with E-state index in [9.17, 15) is 9.59 Å². The quantitative estimate of drug-likeness (QED) is 0.485. The first-order chi connectivity index (χ1) is 15.4. The van der Waals surface area contributed by atoms with Gasteiger partial charge >= 0.3 is 0 Å². The fourth-order valence-electron chi connectivity index (χ4n) is 4.08. The SMILES string of the molecule is Cc1cc(C)c(NC(=O)c2c(-c3ccccc3)c(-c3ccccc3)nn(C)c2=O)c(C)c1. The number of nitrogens with zero attached hydrogens (tertiary/aromatic N) is 2. The Morgan fingerprint density at radius 2 is 1.38 bits per heavy atom.